The van der Waals surface area contributed by atoms with Gasteiger partial charge in [0.05, 0.1) is 25.7 Å². The summed E-state index contributed by atoms with van der Waals surface area (Å²) in [7, 11) is 0. The van der Waals surface area contributed by atoms with Gasteiger partial charge < -0.3 is 73.3 Å². The van der Waals surface area contributed by atoms with E-state index in [0.29, 0.717) is 16.5 Å². The fourth-order valence-corrected chi connectivity index (χ4v) is 5.07. The Morgan fingerprint density at radius 1 is 0.679 bits per heavy atom. The lowest BCUT2D eigenvalue weighted by atomic mass is 10.0. The normalized spacial score (nSPS) is 15.3. The number of aliphatic hydroxyl groups is 3. The number of carboxylic acids is 3. The lowest BCUT2D eigenvalue weighted by molar-refractivity contribution is -0.147. The Labute approximate surface area is 317 Å². The molecular formula is C33H46N8O15. The second-order valence-electron chi connectivity index (χ2n) is 12.6. The van der Waals surface area contributed by atoms with Gasteiger partial charge in [0.2, 0.25) is 35.4 Å². The van der Waals surface area contributed by atoms with Crippen LogP contribution < -0.4 is 37.6 Å². The van der Waals surface area contributed by atoms with E-state index in [4.69, 9.17) is 21.1 Å². The molecule has 56 heavy (non-hydrogen) atoms. The fraction of sp³-hybridized carbons (Fsp3) is 0.485. The summed E-state index contributed by atoms with van der Waals surface area (Å²) in [5.74, 6) is -11.2. The molecule has 0 saturated carbocycles. The van der Waals surface area contributed by atoms with E-state index >= 15 is 0 Å². The number of hydrogen-bond donors (Lipinski definition) is 14. The molecule has 0 aliphatic rings. The summed E-state index contributed by atoms with van der Waals surface area (Å²) in [6, 6.07) is -4.73. The highest BCUT2D eigenvalue weighted by Gasteiger charge is 2.35. The van der Waals surface area contributed by atoms with Crippen LogP contribution in [-0.4, -0.2) is 151 Å². The molecule has 0 aliphatic heterocycles. The first-order valence-corrected chi connectivity index (χ1v) is 17.0. The predicted molar refractivity (Wildman–Crippen MR) is 190 cm³/mol. The number of aromatic amines is 1. The van der Waals surface area contributed by atoms with Crippen LogP contribution in [0.3, 0.4) is 0 Å². The number of nitrogens with one attached hydrogen (secondary N) is 7. The van der Waals surface area contributed by atoms with E-state index in [0.717, 1.165) is 13.8 Å². The Morgan fingerprint density at radius 3 is 1.82 bits per heavy atom. The quantitative estimate of drug-likeness (QED) is 0.0500. The zero-order chi connectivity index (χ0) is 42.3. The Kier molecular flexibility index (Phi) is 17.8. The van der Waals surface area contributed by atoms with Crippen molar-refractivity contribution in [2.24, 2.45) is 5.73 Å². The number of para-hydroxylation sites is 1. The maximum absolute atomic E-state index is 13.6. The number of carboxylic acid groups (broad SMARTS) is 3. The highest BCUT2D eigenvalue weighted by atomic mass is 16.4. The first-order chi connectivity index (χ1) is 26.3. The zero-order valence-corrected chi connectivity index (χ0v) is 30.2. The molecule has 1 heterocycles. The Balaban J connectivity index is 2.30. The second kappa shape index (κ2) is 21.7. The summed E-state index contributed by atoms with van der Waals surface area (Å²) in [4.78, 5) is 115. The maximum atomic E-state index is 13.6. The third kappa shape index (κ3) is 13.9. The summed E-state index contributed by atoms with van der Waals surface area (Å²) in [6.45, 7) is 0.333. The zero-order valence-electron chi connectivity index (χ0n) is 30.2. The van der Waals surface area contributed by atoms with E-state index in [9.17, 15) is 58.5 Å². The maximum Gasteiger partial charge on any atom is 0.326 e. The molecule has 6 amide bonds. The molecule has 0 spiro atoms. The number of carbonyl (C=O) groups is 9. The summed E-state index contributed by atoms with van der Waals surface area (Å²) in [5.41, 5.74) is 6.61. The van der Waals surface area contributed by atoms with Crippen molar-refractivity contribution in [2.75, 3.05) is 13.2 Å². The van der Waals surface area contributed by atoms with E-state index in [2.05, 4.69) is 31.6 Å². The largest absolute Gasteiger partial charge is 0.481 e. The van der Waals surface area contributed by atoms with Gasteiger partial charge in [0.1, 0.15) is 42.3 Å². The highest BCUT2D eigenvalue weighted by molar-refractivity contribution is 5.98. The van der Waals surface area contributed by atoms with E-state index in [1.165, 1.54) is 0 Å². The lowest BCUT2D eigenvalue weighted by Crippen LogP contribution is -2.62. The van der Waals surface area contributed by atoms with Crippen LogP contribution in [-0.2, 0) is 49.6 Å². The average molecular weight is 795 g/mol. The molecule has 308 valence electrons. The van der Waals surface area contributed by atoms with E-state index in [1.54, 1.807) is 30.5 Å². The second-order valence-corrected chi connectivity index (χ2v) is 12.6. The van der Waals surface area contributed by atoms with Crippen LogP contribution in [0.2, 0.25) is 0 Å². The SMILES string of the molecule is C[C@H](NC(=O)[C@H](Cc1c[nH]c2ccccc12)NC(=O)[C@H](CO)NC(=O)[C@@H](NC(=O)[C@H](CCC(=O)O)NC(=O)[C@@H](N)CO)[C@@H](C)O)C(=O)N[C@@H](CC(=O)O)C(=O)O. The van der Waals surface area contributed by atoms with Crippen LogP contribution in [0.1, 0.15) is 38.7 Å². The third-order valence-corrected chi connectivity index (χ3v) is 8.17. The van der Waals surface area contributed by atoms with Gasteiger partial charge in [-0.1, -0.05) is 18.2 Å². The predicted octanol–water partition coefficient (Wildman–Crippen LogP) is -5.24. The van der Waals surface area contributed by atoms with Gasteiger partial charge in [-0.05, 0) is 31.9 Å². The molecule has 0 unspecified atom stereocenters. The Morgan fingerprint density at radius 2 is 1.25 bits per heavy atom. The Hall–Kier alpha value is -6.17. The molecule has 0 aliphatic carbocycles. The van der Waals surface area contributed by atoms with Crippen molar-refractivity contribution in [3.63, 3.8) is 0 Å². The van der Waals surface area contributed by atoms with E-state index < -0.39 is 134 Å². The van der Waals surface area contributed by atoms with Crippen LogP contribution >= 0.6 is 0 Å². The molecule has 0 fully saturated rings. The number of carbonyl (C=O) groups excluding carboxylic acids is 6. The first-order valence-electron chi connectivity index (χ1n) is 17.0. The monoisotopic (exact) mass is 794 g/mol. The van der Waals surface area contributed by atoms with Gasteiger partial charge in [0.15, 0.2) is 0 Å². The molecule has 0 saturated heterocycles. The van der Waals surface area contributed by atoms with Crippen molar-refractivity contribution in [1.29, 1.82) is 0 Å². The average Bonchev–Trinajstić information content (AvgIpc) is 3.54. The minimum Gasteiger partial charge on any atom is -0.481 e. The highest BCUT2D eigenvalue weighted by Crippen LogP contribution is 2.19. The van der Waals surface area contributed by atoms with E-state index in [-0.39, 0.29) is 6.42 Å². The lowest BCUT2D eigenvalue weighted by Gasteiger charge is -2.27. The Bertz CT molecular complexity index is 1770. The standard InChI is InChI=1S/C33H46N8O15/c1-14(27(49)39-22(33(55)56)10-25(47)48)36-30(52)21(9-16-11-35-19-6-4-3-5-17(16)19)38-31(53)23(13-43)40-32(54)26(15(2)44)41-29(51)20(7-8-24(45)46)37-28(50)18(34)12-42/h3-6,11,14-15,18,20-23,26,35,42-44H,7-10,12-13,34H2,1-2H3,(H,36,52)(H,37,50)(H,38,53)(H,39,49)(H,40,54)(H,41,51)(H,45,46)(H,47,48)(H,55,56)/t14-,15+,18-,20-,21-,22-,23-,26-/m0/s1. The summed E-state index contributed by atoms with van der Waals surface area (Å²) >= 11 is 0. The third-order valence-electron chi connectivity index (χ3n) is 8.17. The molecule has 0 radical (unpaired) electrons. The van der Waals surface area contributed by atoms with Crippen molar-refractivity contribution in [3.05, 3.63) is 36.0 Å². The van der Waals surface area contributed by atoms with Gasteiger partial charge in [-0.15, -0.1) is 0 Å². The molecule has 8 atom stereocenters. The van der Waals surface area contributed by atoms with Gasteiger partial charge in [0, 0.05) is 29.9 Å². The molecule has 1 aromatic carbocycles. The van der Waals surface area contributed by atoms with Crippen LogP contribution in [0, 0.1) is 0 Å². The minimum absolute atomic E-state index is 0.242. The number of aromatic nitrogens is 1. The smallest absolute Gasteiger partial charge is 0.326 e. The van der Waals surface area contributed by atoms with Crippen molar-refractivity contribution in [1.82, 2.24) is 36.9 Å². The molecule has 2 aromatic rings. The number of H-pyrrole nitrogens is 1. The van der Waals surface area contributed by atoms with Gasteiger partial charge in [-0.25, -0.2) is 4.79 Å². The topological polar surface area (TPSA) is 389 Å². The fourth-order valence-electron chi connectivity index (χ4n) is 5.07. The number of aliphatic hydroxyl groups excluding tert-OH is 3. The van der Waals surface area contributed by atoms with Crippen molar-refractivity contribution in [2.45, 2.75) is 87.9 Å². The van der Waals surface area contributed by atoms with Crippen LogP contribution in [0.5, 0.6) is 0 Å². The molecule has 23 heteroatoms. The molecule has 15 N–H and O–H groups in total. The number of hydrogen-bond acceptors (Lipinski definition) is 13. The van der Waals surface area contributed by atoms with Crippen LogP contribution in [0.4, 0.5) is 0 Å². The summed E-state index contributed by atoms with van der Waals surface area (Å²) in [6.07, 6.45) is -2.47. The summed E-state index contributed by atoms with van der Waals surface area (Å²) in [5, 5.41) is 70.6. The summed E-state index contributed by atoms with van der Waals surface area (Å²) < 4.78 is 0. The molecule has 0 bridgehead atoms. The van der Waals surface area contributed by atoms with Crippen LogP contribution in [0.25, 0.3) is 10.9 Å². The number of fused-ring (bicyclic) bond motifs is 1. The number of benzene rings is 1. The number of amides is 6. The van der Waals surface area contributed by atoms with Crippen molar-refractivity contribution < 1.29 is 73.8 Å². The van der Waals surface area contributed by atoms with Gasteiger partial charge >= 0.3 is 17.9 Å². The van der Waals surface area contributed by atoms with Gasteiger partial charge in [0.25, 0.3) is 0 Å². The first kappa shape index (κ1) is 46.0. The minimum atomic E-state index is -1.86. The molecule has 1 aromatic heterocycles. The molecule has 23 nitrogen and oxygen atoms in total. The number of aliphatic carboxylic acids is 3. The molecule has 2 rings (SSSR count). The number of nitrogens with two attached hydrogens (primary N) is 1. The number of rotatable bonds is 23. The van der Waals surface area contributed by atoms with Crippen LogP contribution in [0.15, 0.2) is 30.5 Å². The van der Waals surface area contributed by atoms with E-state index in [1.807, 2.05) is 5.32 Å². The van der Waals surface area contributed by atoms with Crippen molar-refractivity contribution in [3.8, 4) is 0 Å². The molecular weight excluding hydrogens is 748 g/mol. The van der Waals surface area contributed by atoms with Gasteiger partial charge in [-0.2, -0.15) is 0 Å². The van der Waals surface area contributed by atoms with Crippen molar-refractivity contribution >= 4 is 64.3 Å². The van der Waals surface area contributed by atoms with Gasteiger partial charge in [-0.3, -0.25) is 38.4 Å².